The molecule has 0 bridgehead atoms. The Morgan fingerprint density at radius 3 is 2.63 bits per heavy atom. The number of hydrogen-bond acceptors (Lipinski definition) is 3. The monoisotopic (exact) mass is 263 g/mol. The first kappa shape index (κ1) is 13.5. The Bertz CT molecular complexity index is 486. The zero-order chi connectivity index (χ0) is 13.8. The molecule has 0 radical (unpaired) electrons. The van der Waals surface area contributed by atoms with Gasteiger partial charge in [0, 0.05) is 5.69 Å². The summed E-state index contributed by atoms with van der Waals surface area (Å²) in [7, 11) is 0. The van der Waals surface area contributed by atoms with Crippen LogP contribution < -0.4 is 5.32 Å². The molecule has 1 heterocycles. The molecule has 0 saturated carbocycles. The molecule has 0 aliphatic carbocycles. The maximum Gasteiger partial charge on any atom is 0.332 e. The van der Waals surface area contributed by atoms with Crippen LogP contribution in [0, 0.1) is 0 Å². The Labute approximate surface area is 111 Å². The third-order valence-corrected chi connectivity index (χ3v) is 3.24. The van der Waals surface area contributed by atoms with Crippen LogP contribution >= 0.6 is 0 Å². The molecule has 1 aromatic rings. The van der Waals surface area contributed by atoms with Gasteiger partial charge in [0.25, 0.3) is 5.91 Å². The van der Waals surface area contributed by atoms with Crippen LogP contribution in [0.4, 0.5) is 5.69 Å². The summed E-state index contributed by atoms with van der Waals surface area (Å²) in [6.45, 7) is 2.01. The van der Waals surface area contributed by atoms with Crippen molar-refractivity contribution in [2.45, 2.75) is 38.4 Å². The van der Waals surface area contributed by atoms with E-state index in [9.17, 15) is 9.59 Å². The molecule has 2 rings (SSSR count). The molecule has 1 aromatic carbocycles. The van der Waals surface area contributed by atoms with Gasteiger partial charge in [0.05, 0.1) is 0 Å². The second-order valence-electron chi connectivity index (χ2n) is 4.53. The zero-order valence-corrected chi connectivity index (χ0v) is 10.8. The first-order chi connectivity index (χ1) is 9.11. The minimum atomic E-state index is -1.01. The number of carboxylic acid groups (broad SMARTS) is 1. The summed E-state index contributed by atoms with van der Waals surface area (Å²) in [5, 5.41) is 11.6. The van der Waals surface area contributed by atoms with Crippen molar-refractivity contribution in [1.29, 1.82) is 0 Å². The standard InChI is InChI=1S/C14H17NO4/c1-2-9-5-3-4-6-10(9)15-13(16)11-7-8-12(19-11)14(17)18/h3-6,11-12H,2,7-8H2,1H3,(H,15,16)(H,17,18). The molecule has 1 aliphatic rings. The summed E-state index contributed by atoms with van der Waals surface area (Å²) in [5.74, 6) is -1.28. The number of anilines is 1. The number of nitrogens with one attached hydrogen (secondary N) is 1. The predicted octanol–water partition coefficient (Wildman–Crippen LogP) is 1.82. The number of carbonyl (C=O) groups is 2. The van der Waals surface area contributed by atoms with E-state index in [1.54, 1.807) is 0 Å². The zero-order valence-electron chi connectivity index (χ0n) is 10.8. The van der Waals surface area contributed by atoms with Crippen LogP contribution in [0.1, 0.15) is 25.3 Å². The van der Waals surface area contributed by atoms with Crippen LogP contribution in [0.3, 0.4) is 0 Å². The van der Waals surface area contributed by atoms with Crippen LogP contribution in [-0.2, 0) is 20.7 Å². The van der Waals surface area contributed by atoms with E-state index in [0.717, 1.165) is 17.7 Å². The molecule has 1 saturated heterocycles. The third-order valence-electron chi connectivity index (χ3n) is 3.24. The molecule has 1 amide bonds. The van der Waals surface area contributed by atoms with Gasteiger partial charge in [-0.15, -0.1) is 0 Å². The van der Waals surface area contributed by atoms with Crippen molar-refractivity contribution in [1.82, 2.24) is 0 Å². The fraction of sp³-hybridized carbons (Fsp3) is 0.429. The highest BCUT2D eigenvalue weighted by Crippen LogP contribution is 2.22. The molecule has 5 heteroatoms. The SMILES string of the molecule is CCc1ccccc1NC(=O)C1CCC(C(=O)O)O1. The van der Waals surface area contributed by atoms with E-state index in [4.69, 9.17) is 9.84 Å². The topological polar surface area (TPSA) is 75.6 Å². The van der Waals surface area contributed by atoms with Gasteiger partial charge < -0.3 is 15.2 Å². The van der Waals surface area contributed by atoms with Crippen LogP contribution in [-0.4, -0.2) is 29.2 Å². The number of hydrogen-bond donors (Lipinski definition) is 2. The van der Waals surface area contributed by atoms with E-state index < -0.39 is 18.2 Å². The molecule has 19 heavy (non-hydrogen) atoms. The quantitative estimate of drug-likeness (QED) is 0.868. The second-order valence-corrected chi connectivity index (χ2v) is 4.53. The van der Waals surface area contributed by atoms with Crippen molar-refractivity contribution >= 4 is 17.6 Å². The van der Waals surface area contributed by atoms with Crippen LogP contribution in [0.2, 0.25) is 0 Å². The predicted molar refractivity (Wildman–Crippen MR) is 70.0 cm³/mol. The Kier molecular flexibility index (Phi) is 4.16. The number of para-hydroxylation sites is 1. The molecule has 5 nitrogen and oxygen atoms in total. The van der Waals surface area contributed by atoms with Crippen LogP contribution in [0.25, 0.3) is 0 Å². The third kappa shape index (κ3) is 3.12. The van der Waals surface area contributed by atoms with Gasteiger partial charge >= 0.3 is 5.97 Å². The normalized spacial score (nSPS) is 22.2. The lowest BCUT2D eigenvalue weighted by Crippen LogP contribution is -2.30. The summed E-state index contributed by atoms with van der Waals surface area (Å²) < 4.78 is 5.22. The summed E-state index contributed by atoms with van der Waals surface area (Å²) in [4.78, 5) is 22.8. The van der Waals surface area contributed by atoms with E-state index in [1.807, 2.05) is 31.2 Å². The number of carbonyl (C=O) groups excluding carboxylic acids is 1. The molecular weight excluding hydrogens is 246 g/mol. The molecule has 2 unspecified atom stereocenters. The summed E-state index contributed by atoms with van der Waals surface area (Å²) in [6, 6.07) is 7.55. The van der Waals surface area contributed by atoms with E-state index in [0.29, 0.717) is 12.8 Å². The smallest absolute Gasteiger partial charge is 0.332 e. The van der Waals surface area contributed by atoms with Crippen molar-refractivity contribution in [3.8, 4) is 0 Å². The molecule has 1 fully saturated rings. The number of aliphatic carboxylic acids is 1. The second kappa shape index (κ2) is 5.84. The van der Waals surface area contributed by atoms with Gasteiger partial charge in [-0.05, 0) is 30.9 Å². The van der Waals surface area contributed by atoms with E-state index in [2.05, 4.69) is 5.32 Å². The molecule has 0 spiro atoms. The lowest BCUT2D eigenvalue weighted by atomic mass is 10.1. The van der Waals surface area contributed by atoms with Gasteiger partial charge in [-0.1, -0.05) is 25.1 Å². The average Bonchev–Trinajstić information content (AvgIpc) is 2.89. The van der Waals surface area contributed by atoms with Gasteiger partial charge in [0.2, 0.25) is 0 Å². The first-order valence-corrected chi connectivity index (χ1v) is 6.39. The fourth-order valence-electron chi connectivity index (χ4n) is 2.18. The summed E-state index contributed by atoms with van der Waals surface area (Å²) in [6.07, 6.45) is 0.0998. The number of carboxylic acids is 1. The van der Waals surface area contributed by atoms with Crippen molar-refractivity contribution in [2.75, 3.05) is 5.32 Å². The number of benzene rings is 1. The fourth-order valence-corrected chi connectivity index (χ4v) is 2.18. The highest BCUT2D eigenvalue weighted by atomic mass is 16.5. The molecular formula is C14H17NO4. The Morgan fingerprint density at radius 2 is 2.00 bits per heavy atom. The van der Waals surface area contributed by atoms with Gasteiger partial charge in [-0.2, -0.15) is 0 Å². The number of amides is 1. The summed E-state index contributed by atoms with van der Waals surface area (Å²) >= 11 is 0. The van der Waals surface area contributed by atoms with Crippen LogP contribution in [0.15, 0.2) is 24.3 Å². The summed E-state index contributed by atoms with van der Waals surface area (Å²) in [5.41, 5.74) is 1.81. The molecule has 2 atom stereocenters. The van der Waals surface area contributed by atoms with Gasteiger partial charge in [-0.25, -0.2) is 4.79 Å². The highest BCUT2D eigenvalue weighted by molar-refractivity contribution is 5.95. The number of ether oxygens (including phenoxy) is 1. The van der Waals surface area contributed by atoms with E-state index in [1.165, 1.54) is 0 Å². The Hall–Kier alpha value is -1.88. The van der Waals surface area contributed by atoms with E-state index >= 15 is 0 Å². The number of rotatable bonds is 4. The van der Waals surface area contributed by atoms with Crippen molar-refractivity contribution < 1.29 is 19.4 Å². The minimum absolute atomic E-state index is 0.273. The maximum absolute atomic E-state index is 12.0. The van der Waals surface area contributed by atoms with Crippen molar-refractivity contribution in [2.24, 2.45) is 0 Å². The molecule has 2 N–H and O–H groups in total. The molecule has 102 valence electrons. The lowest BCUT2D eigenvalue weighted by molar-refractivity contribution is -0.150. The van der Waals surface area contributed by atoms with Gasteiger partial charge in [0.15, 0.2) is 6.10 Å². The van der Waals surface area contributed by atoms with Crippen molar-refractivity contribution in [3.05, 3.63) is 29.8 Å². The van der Waals surface area contributed by atoms with E-state index in [-0.39, 0.29) is 5.91 Å². The maximum atomic E-state index is 12.0. The lowest BCUT2D eigenvalue weighted by Gasteiger charge is -2.14. The van der Waals surface area contributed by atoms with Gasteiger partial charge in [0.1, 0.15) is 6.10 Å². The largest absolute Gasteiger partial charge is 0.479 e. The van der Waals surface area contributed by atoms with Crippen LogP contribution in [0.5, 0.6) is 0 Å². The highest BCUT2D eigenvalue weighted by Gasteiger charge is 2.34. The number of aryl methyl sites for hydroxylation is 1. The minimum Gasteiger partial charge on any atom is -0.479 e. The van der Waals surface area contributed by atoms with Gasteiger partial charge in [-0.3, -0.25) is 4.79 Å². The van der Waals surface area contributed by atoms with Crippen molar-refractivity contribution in [3.63, 3.8) is 0 Å². The average molecular weight is 263 g/mol. The molecule has 1 aliphatic heterocycles. The molecule has 0 aromatic heterocycles. The first-order valence-electron chi connectivity index (χ1n) is 6.39. The Balaban J connectivity index is 2.00. The Morgan fingerprint density at radius 1 is 1.32 bits per heavy atom.